The van der Waals surface area contributed by atoms with Crippen molar-refractivity contribution in [3.8, 4) is 0 Å². The number of hydrogen-bond donors (Lipinski definition) is 1. The molecule has 3 heteroatoms. The summed E-state index contributed by atoms with van der Waals surface area (Å²) < 4.78 is 0. The van der Waals surface area contributed by atoms with Crippen molar-refractivity contribution in [2.45, 2.75) is 38.3 Å². The molecule has 16 heavy (non-hydrogen) atoms. The van der Waals surface area contributed by atoms with Crippen LogP contribution in [0.3, 0.4) is 0 Å². The molecule has 2 unspecified atom stereocenters. The highest BCUT2D eigenvalue weighted by Gasteiger charge is 2.44. The van der Waals surface area contributed by atoms with E-state index in [1.165, 1.54) is 19.3 Å². The van der Waals surface area contributed by atoms with Crippen LogP contribution >= 0.6 is 11.6 Å². The van der Waals surface area contributed by atoms with Gasteiger partial charge in [-0.15, -0.1) is 0 Å². The zero-order chi connectivity index (χ0) is 11.1. The van der Waals surface area contributed by atoms with Crippen LogP contribution in [0.4, 0.5) is 5.69 Å². The Balaban J connectivity index is 1.66. The second kappa shape index (κ2) is 3.94. The number of benzene rings is 1. The summed E-state index contributed by atoms with van der Waals surface area (Å²) in [4.78, 5) is 0. The van der Waals surface area contributed by atoms with Crippen molar-refractivity contribution in [1.82, 2.24) is 5.01 Å². The summed E-state index contributed by atoms with van der Waals surface area (Å²) in [6.45, 7) is 2.36. The molecule has 2 heterocycles. The van der Waals surface area contributed by atoms with E-state index in [0.717, 1.165) is 28.7 Å². The lowest BCUT2D eigenvalue weighted by atomic mass is 9.76. The molecule has 3 fully saturated rings. The van der Waals surface area contributed by atoms with Gasteiger partial charge in [0, 0.05) is 22.8 Å². The summed E-state index contributed by atoms with van der Waals surface area (Å²) in [5, 5.41) is 3.21. The largest absolute Gasteiger partial charge is 0.318 e. The summed E-state index contributed by atoms with van der Waals surface area (Å²) in [6, 6.07) is 9.43. The van der Waals surface area contributed by atoms with Crippen LogP contribution in [-0.2, 0) is 0 Å². The molecule has 1 aliphatic carbocycles. The van der Waals surface area contributed by atoms with Crippen molar-refractivity contribution in [2.24, 2.45) is 5.92 Å². The van der Waals surface area contributed by atoms with Gasteiger partial charge in [0.25, 0.3) is 0 Å². The molecule has 2 bridgehead atoms. The highest BCUT2D eigenvalue weighted by atomic mass is 35.5. The predicted octanol–water partition coefficient (Wildman–Crippen LogP) is 3.54. The average Bonchev–Trinajstić information content (AvgIpc) is 2.28. The Bertz CT molecular complexity index is 364. The summed E-state index contributed by atoms with van der Waals surface area (Å²) >= 11 is 5.87. The van der Waals surface area contributed by atoms with E-state index in [1.807, 2.05) is 24.3 Å². The zero-order valence-electron chi connectivity index (χ0n) is 9.49. The number of rotatable bonds is 2. The van der Waals surface area contributed by atoms with E-state index < -0.39 is 0 Å². The number of piperidine rings is 1. The number of hydrazine groups is 1. The monoisotopic (exact) mass is 236 g/mol. The third kappa shape index (κ3) is 1.80. The van der Waals surface area contributed by atoms with Gasteiger partial charge in [0.2, 0.25) is 0 Å². The molecule has 0 spiro atoms. The SMILES string of the molecule is CC1CC2C[C@@H](C1)N2Nc1ccc(Cl)cc1. The maximum atomic E-state index is 5.87. The van der Waals surface area contributed by atoms with E-state index in [1.54, 1.807) is 0 Å². The fourth-order valence-corrected chi connectivity index (χ4v) is 3.13. The van der Waals surface area contributed by atoms with Gasteiger partial charge in [-0.1, -0.05) is 18.5 Å². The standard InChI is InChI=1S/C13H17ClN2/c1-9-6-12-8-13(7-9)16(12)15-11-4-2-10(14)3-5-11/h2-5,9,12-13,15H,6-8H2,1H3/t9?,12-,13?/m1/s1. The van der Waals surface area contributed by atoms with Crippen molar-refractivity contribution < 1.29 is 0 Å². The highest BCUT2D eigenvalue weighted by molar-refractivity contribution is 6.30. The minimum Gasteiger partial charge on any atom is -0.318 e. The fourth-order valence-electron chi connectivity index (χ4n) is 3.00. The van der Waals surface area contributed by atoms with E-state index in [9.17, 15) is 0 Å². The zero-order valence-corrected chi connectivity index (χ0v) is 10.2. The maximum Gasteiger partial charge on any atom is 0.0491 e. The van der Waals surface area contributed by atoms with Gasteiger partial charge in [-0.3, -0.25) is 0 Å². The molecule has 1 N–H and O–H groups in total. The van der Waals surface area contributed by atoms with Crippen molar-refractivity contribution in [2.75, 3.05) is 5.43 Å². The molecule has 0 radical (unpaired) electrons. The predicted molar refractivity (Wildman–Crippen MR) is 67.5 cm³/mol. The normalized spacial score (nSPS) is 33.2. The van der Waals surface area contributed by atoms with Gasteiger partial charge in [-0.05, 0) is 49.4 Å². The molecule has 86 valence electrons. The molecule has 1 aromatic carbocycles. The Morgan fingerprint density at radius 1 is 1.12 bits per heavy atom. The Morgan fingerprint density at radius 2 is 1.75 bits per heavy atom. The maximum absolute atomic E-state index is 5.87. The molecule has 4 rings (SSSR count). The van der Waals surface area contributed by atoms with Crippen LogP contribution in [0.15, 0.2) is 24.3 Å². The lowest BCUT2D eigenvalue weighted by Crippen LogP contribution is -2.62. The summed E-state index contributed by atoms with van der Waals surface area (Å²) in [5.74, 6) is 0.895. The van der Waals surface area contributed by atoms with Crippen LogP contribution in [0.1, 0.15) is 26.2 Å². The molecule has 0 amide bonds. The minimum absolute atomic E-state index is 0.740. The summed E-state index contributed by atoms with van der Waals surface area (Å²) in [7, 11) is 0. The van der Waals surface area contributed by atoms with Crippen LogP contribution in [0.5, 0.6) is 0 Å². The lowest BCUT2D eigenvalue weighted by Gasteiger charge is -2.54. The first-order chi connectivity index (χ1) is 7.72. The molecule has 2 aliphatic heterocycles. The van der Waals surface area contributed by atoms with Gasteiger partial charge < -0.3 is 5.43 Å². The third-order valence-corrected chi connectivity index (χ3v) is 4.03. The fraction of sp³-hybridized carbons (Fsp3) is 0.538. The average molecular weight is 237 g/mol. The van der Waals surface area contributed by atoms with E-state index in [0.29, 0.717) is 0 Å². The summed E-state index contributed by atoms with van der Waals surface area (Å²) in [6.07, 6.45) is 4.03. The number of hydrogen-bond acceptors (Lipinski definition) is 2. The van der Waals surface area contributed by atoms with Crippen LogP contribution in [0, 0.1) is 5.92 Å². The van der Waals surface area contributed by atoms with Gasteiger partial charge in [-0.25, -0.2) is 5.01 Å². The van der Waals surface area contributed by atoms with Crippen LogP contribution in [0.2, 0.25) is 5.02 Å². The molecule has 0 aromatic heterocycles. The van der Waals surface area contributed by atoms with Crippen LogP contribution in [0.25, 0.3) is 0 Å². The Labute approximate surface area is 102 Å². The first-order valence-corrected chi connectivity index (χ1v) is 6.41. The molecule has 2 nitrogen and oxygen atoms in total. The van der Waals surface area contributed by atoms with Gasteiger partial charge in [0.05, 0.1) is 0 Å². The van der Waals surface area contributed by atoms with Gasteiger partial charge >= 0.3 is 0 Å². The molecular weight excluding hydrogens is 220 g/mol. The van der Waals surface area contributed by atoms with Gasteiger partial charge in [0.1, 0.15) is 0 Å². The van der Waals surface area contributed by atoms with E-state index >= 15 is 0 Å². The smallest absolute Gasteiger partial charge is 0.0491 e. The molecular formula is C13H17ClN2. The first-order valence-electron chi connectivity index (χ1n) is 6.03. The van der Waals surface area contributed by atoms with E-state index in [4.69, 9.17) is 11.6 Å². The molecule has 1 saturated carbocycles. The molecule has 1 aromatic rings. The number of fused-ring (bicyclic) bond motifs is 2. The quantitative estimate of drug-likeness (QED) is 0.845. The molecule has 2 saturated heterocycles. The second-order valence-electron chi connectivity index (χ2n) is 5.15. The highest BCUT2D eigenvalue weighted by Crippen LogP contribution is 2.40. The van der Waals surface area contributed by atoms with E-state index in [2.05, 4.69) is 17.4 Å². The Morgan fingerprint density at radius 3 is 2.38 bits per heavy atom. The number of anilines is 1. The van der Waals surface area contributed by atoms with Crippen molar-refractivity contribution in [1.29, 1.82) is 0 Å². The van der Waals surface area contributed by atoms with E-state index in [-0.39, 0.29) is 0 Å². The summed E-state index contributed by atoms with van der Waals surface area (Å²) in [5.41, 5.74) is 4.65. The van der Waals surface area contributed by atoms with Crippen molar-refractivity contribution in [3.05, 3.63) is 29.3 Å². The lowest BCUT2D eigenvalue weighted by molar-refractivity contribution is -0.0267. The Hall–Kier alpha value is -0.730. The minimum atomic E-state index is 0.740. The van der Waals surface area contributed by atoms with Crippen LogP contribution < -0.4 is 5.43 Å². The Kier molecular flexibility index (Phi) is 2.56. The van der Waals surface area contributed by atoms with Gasteiger partial charge in [0.15, 0.2) is 0 Å². The second-order valence-corrected chi connectivity index (χ2v) is 5.58. The number of halogens is 1. The number of nitrogens with zero attached hydrogens (tertiary/aromatic N) is 1. The van der Waals surface area contributed by atoms with Crippen LogP contribution in [-0.4, -0.2) is 17.1 Å². The third-order valence-electron chi connectivity index (χ3n) is 3.78. The first kappa shape index (κ1) is 10.4. The number of nitrogens with one attached hydrogen (secondary N) is 1. The van der Waals surface area contributed by atoms with Crippen molar-refractivity contribution >= 4 is 17.3 Å². The van der Waals surface area contributed by atoms with Crippen molar-refractivity contribution in [3.63, 3.8) is 0 Å². The topological polar surface area (TPSA) is 15.3 Å². The van der Waals surface area contributed by atoms with Gasteiger partial charge in [-0.2, -0.15) is 0 Å². The molecule has 3 aliphatic rings. The molecule has 3 atom stereocenters.